The zero-order chi connectivity index (χ0) is 19.3. The predicted octanol–water partition coefficient (Wildman–Crippen LogP) is 2.64. The quantitative estimate of drug-likeness (QED) is 0.740. The SMILES string of the molecule is CCCCc1nc(Cl)c(CN2CCCN(S(=O)(=O)N3CCCCC3)CC2)[nH]1. The van der Waals surface area contributed by atoms with Gasteiger partial charge in [-0.05, 0) is 32.2 Å². The summed E-state index contributed by atoms with van der Waals surface area (Å²) in [6.45, 7) is 6.88. The fourth-order valence-electron chi connectivity index (χ4n) is 3.83. The van der Waals surface area contributed by atoms with Gasteiger partial charge in [-0.1, -0.05) is 31.4 Å². The number of aryl methyl sites for hydroxylation is 1. The van der Waals surface area contributed by atoms with Gasteiger partial charge in [0.15, 0.2) is 5.15 Å². The first-order chi connectivity index (χ1) is 13.0. The molecule has 0 bridgehead atoms. The Labute approximate surface area is 168 Å². The number of nitrogens with zero attached hydrogens (tertiary/aromatic N) is 4. The molecular formula is C18H32ClN5O2S. The number of imidazole rings is 1. The number of aromatic nitrogens is 2. The number of rotatable bonds is 7. The van der Waals surface area contributed by atoms with Gasteiger partial charge in [0.05, 0.1) is 5.69 Å². The number of nitrogens with one attached hydrogen (secondary N) is 1. The van der Waals surface area contributed by atoms with Crippen LogP contribution in [0.25, 0.3) is 0 Å². The number of hydrogen-bond acceptors (Lipinski definition) is 4. The van der Waals surface area contributed by atoms with Crippen LogP contribution in [0.15, 0.2) is 0 Å². The highest BCUT2D eigenvalue weighted by molar-refractivity contribution is 7.86. The van der Waals surface area contributed by atoms with Crippen LogP contribution in [0.1, 0.15) is 57.0 Å². The first-order valence-electron chi connectivity index (χ1n) is 10.2. The molecule has 0 aromatic carbocycles. The minimum absolute atomic E-state index is 0.535. The van der Waals surface area contributed by atoms with Crippen LogP contribution in [0, 0.1) is 0 Å². The van der Waals surface area contributed by atoms with Gasteiger partial charge in [-0.25, -0.2) is 4.98 Å². The van der Waals surface area contributed by atoms with Crippen LogP contribution in [0.3, 0.4) is 0 Å². The highest BCUT2D eigenvalue weighted by Crippen LogP contribution is 2.20. The zero-order valence-electron chi connectivity index (χ0n) is 16.3. The number of hydrogen-bond donors (Lipinski definition) is 1. The third-order valence-corrected chi connectivity index (χ3v) is 7.79. The van der Waals surface area contributed by atoms with E-state index in [0.717, 1.165) is 63.0 Å². The van der Waals surface area contributed by atoms with Crippen molar-refractivity contribution in [3.05, 3.63) is 16.7 Å². The van der Waals surface area contributed by atoms with Crippen LogP contribution in [-0.2, 0) is 23.2 Å². The highest BCUT2D eigenvalue weighted by Gasteiger charge is 2.32. The fraction of sp³-hybridized carbons (Fsp3) is 0.833. The van der Waals surface area contributed by atoms with E-state index in [1.807, 2.05) is 0 Å². The average molecular weight is 418 g/mol. The Morgan fingerprint density at radius 1 is 1.00 bits per heavy atom. The molecule has 0 spiro atoms. The van der Waals surface area contributed by atoms with E-state index in [1.54, 1.807) is 8.61 Å². The van der Waals surface area contributed by atoms with E-state index in [2.05, 4.69) is 21.8 Å². The van der Waals surface area contributed by atoms with Crippen molar-refractivity contribution in [2.75, 3.05) is 39.3 Å². The van der Waals surface area contributed by atoms with Gasteiger partial charge in [-0.2, -0.15) is 17.0 Å². The predicted molar refractivity (Wildman–Crippen MR) is 108 cm³/mol. The summed E-state index contributed by atoms with van der Waals surface area (Å²) in [5.74, 6) is 0.945. The maximum Gasteiger partial charge on any atom is 0.282 e. The van der Waals surface area contributed by atoms with Crippen molar-refractivity contribution in [3.8, 4) is 0 Å². The molecule has 1 aromatic rings. The second-order valence-electron chi connectivity index (χ2n) is 7.55. The molecule has 3 heterocycles. The topological polar surface area (TPSA) is 72.5 Å². The molecular weight excluding hydrogens is 386 g/mol. The Balaban J connectivity index is 1.57. The number of unbranched alkanes of at least 4 members (excludes halogenated alkanes) is 1. The van der Waals surface area contributed by atoms with Crippen LogP contribution >= 0.6 is 11.6 Å². The number of halogens is 1. The summed E-state index contributed by atoms with van der Waals surface area (Å²) < 4.78 is 29.2. The molecule has 0 saturated carbocycles. The molecule has 27 heavy (non-hydrogen) atoms. The van der Waals surface area contributed by atoms with E-state index in [-0.39, 0.29) is 0 Å². The van der Waals surface area contributed by atoms with Gasteiger partial charge in [0.2, 0.25) is 0 Å². The van der Waals surface area contributed by atoms with Gasteiger partial charge in [0, 0.05) is 45.7 Å². The van der Waals surface area contributed by atoms with Gasteiger partial charge in [0.1, 0.15) is 5.82 Å². The van der Waals surface area contributed by atoms with Crippen molar-refractivity contribution in [3.63, 3.8) is 0 Å². The second kappa shape index (κ2) is 9.69. The van der Waals surface area contributed by atoms with Crippen LogP contribution in [-0.4, -0.2) is 71.2 Å². The Kier molecular flexibility index (Phi) is 7.56. The minimum atomic E-state index is -3.33. The molecule has 2 aliphatic heterocycles. The molecule has 154 valence electrons. The lowest BCUT2D eigenvalue weighted by Gasteiger charge is -2.31. The van der Waals surface area contributed by atoms with E-state index in [1.165, 1.54) is 0 Å². The van der Waals surface area contributed by atoms with E-state index >= 15 is 0 Å². The van der Waals surface area contributed by atoms with Crippen LogP contribution < -0.4 is 0 Å². The Hall–Kier alpha value is -0.670. The van der Waals surface area contributed by atoms with Crippen LogP contribution in [0.4, 0.5) is 0 Å². The molecule has 9 heteroatoms. The van der Waals surface area contributed by atoms with E-state index in [4.69, 9.17) is 11.6 Å². The van der Waals surface area contributed by atoms with Gasteiger partial charge < -0.3 is 4.98 Å². The largest absolute Gasteiger partial charge is 0.344 e. The van der Waals surface area contributed by atoms with Crippen LogP contribution in [0.5, 0.6) is 0 Å². The third kappa shape index (κ3) is 5.44. The van der Waals surface area contributed by atoms with Crippen molar-refractivity contribution in [1.82, 2.24) is 23.5 Å². The Morgan fingerprint density at radius 2 is 1.70 bits per heavy atom. The molecule has 7 nitrogen and oxygen atoms in total. The van der Waals surface area contributed by atoms with Crippen molar-refractivity contribution >= 4 is 21.8 Å². The standard InChI is InChI=1S/C18H32ClN5O2S/c1-2-3-8-17-20-16(18(19)21-17)15-22-9-7-12-24(14-13-22)27(25,26)23-10-5-4-6-11-23/h2-15H2,1H3,(H,20,21). The molecule has 2 fully saturated rings. The molecule has 0 amide bonds. The summed E-state index contributed by atoms with van der Waals surface area (Å²) in [4.78, 5) is 10.0. The van der Waals surface area contributed by atoms with Crippen molar-refractivity contribution in [1.29, 1.82) is 0 Å². The summed E-state index contributed by atoms with van der Waals surface area (Å²) in [6, 6.07) is 0. The maximum absolute atomic E-state index is 12.9. The first kappa shape index (κ1) is 21.0. The molecule has 0 radical (unpaired) electrons. The normalized spacial score (nSPS) is 21.4. The summed E-state index contributed by atoms with van der Waals surface area (Å²) in [5.41, 5.74) is 0.940. The average Bonchev–Trinajstić information content (AvgIpc) is 2.86. The van der Waals surface area contributed by atoms with E-state index < -0.39 is 10.2 Å². The van der Waals surface area contributed by atoms with Gasteiger partial charge in [-0.3, -0.25) is 4.90 Å². The van der Waals surface area contributed by atoms with Crippen molar-refractivity contribution < 1.29 is 8.42 Å². The summed E-state index contributed by atoms with van der Waals surface area (Å²) in [6.07, 6.45) is 7.04. The first-order valence-corrected chi connectivity index (χ1v) is 12.0. The van der Waals surface area contributed by atoms with Crippen molar-refractivity contribution in [2.24, 2.45) is 0 Å². The lowest BCUT2D eigenvalue weighted by atomic mass is 10.2. The molecule has 0 unspecified atom stereocenters. The molecule has 0 atom stereocenters. The smallest absolute Gasteiger partial charge is 0.282 e. The molecule has 1 aromatic heterocycles. The Bertz CT molecular complexity index is 703. The zero-order valence-corrected chi connectivity index (χ0v) is 17.9. The maximum atomic E-state index is 12.9. The number of piperidine rings is 1. The second-order valence-corrected chi connectivity index (χ2v) is 9.84. The summed E-state index contributed by atoms with van der Waals surface area (Å²) in [5, 5.41) is 0.545. The van der Waals surface area contributed by atoms with Gasteiger partial charge in [0.25, 0.3) is 10.2 Å². The van der Waals surface area contributed by atoms with Gasteiger partial charge >= 0.3 is 0 Å². The summed E-state index contributed by atoms with van der Waals surface area (Å²) >= 11 is 6.30. The minimum Gasteiger partial charge on any atom is -0.344 e. The van der Waals surface area contributed by atoms with Gasteiger partial charge in [-0.15, -0.1) is 0 Å². The fourth-order valence-corrected chi connectivity index (χ4v) is 5.75. The number of aromatic amines is 1. The molecule has 3 rings (SSSR count). The highest BCUT2D eigenvalue weighted by atomic mass is 35.5. The molecule has 2 saturated heterocycles. The Morgan fingerprint density at radius 3 is 2.44 bits per heavy atom. The lowest BCUT2D eigenvalue weighted by molar-refractivity contribution is 0.270. The molecule has 2 aliphatic rings. The molecule has 0 aliphatic carbocycles. The van der Waals surface area contributed by atoms with Crippen LogP contribution in [0.2, 0.25) is 5.15 Å². The lowest BCUT2D eigenvalue weighted by Crippen LogP contribution is -2.47. The van der Waals surface area contributed by atoms with E-state index in [0.29, 0.717) is 44.4 Å². The monoisotopic (exact) mass is 417 g/mol. The third-order valence-electron chi connectivity index (χ3n) is 5.44. The number of H-pyrrole nitrogens is 1. The van der Waals surface area contributed by atoms with Crippen molar-refractivity contribution in [2.45, 2.75) is 58.4 Å². The molecule has 1 N–H and O–H groups in total. The summed E-state index contributed by atoms with van der Waals surface area (Å²) in [7, 11) is -3.33. The van der Waals surface area contributed by atoms with E-state index in [9.17, 15) is 8.42 Å².